The van der Waals surface area contributed by atoms with Gasteiger partial charge in [-0.2, -0.15) is 0 Å². The monoisotopic (exact) mass is 303 g/mol. The highest BCUT2D eigenvalue weighted by Gasteiger charge is 2.33. The van der Waals surface area contributed by atoms with E-state index in [9.17, 15) is 4.79 Å². The molecule has 0 atom stereocenters. The Morgan fingerprint density at radius 3 is 2.48 bits per heavy atom. The lowest BCUT2D eigenvalue weighted by molar-refractivity contribution is 0.0986. The summed E-state index contributed by atoms with van der Waals surface area (Å²) in [4.78, 5) is 16.0. The average molecular weight is 303 g/mol. The van der Waals surface area contributed by atoms with Crippen molar-refractivity contribution in [2.24, 2.45) is 11.3 Å². The quantitative estimate of drug-likeness (QED) is 0.656. The molecule has 0 aromatic heterocycles. The molecule has 0 saturated carbocycles. The van der Waals surface area contributed by atoms with Crippen molar-refractivity contribution >= 4 is 18.4 Å². The van der Waals surface area contributed by atoms with Gasteiger partial charge in [0, 0.05) is 35.3 Å². The maximum atomic E-state index is 12.8. The lowest BCUT2D eigenvalue weighted by Gasteiger charge is -2.37. The van der Waals surface area contributed by atoms with Crippen molar-refractivity contribution in [2.75, 3.05) is 13.1 Å². The van der Waals surface area contributed by atoms with Crippen LogP contribution in [0.15, 0.2) is 40.9 Å². The number of nitrogens with zero attached hydrogens (tertiary/aromatic N) is 1. The molecule has 2 rings (SSSR count). The molecule has 0 radical (unpaired) electrons. The van der Waals surface area contributed by atoms with Crippen molar-refractivity contribution in [2.45, 2.75) is 39.0 Å². The SMILES string of the molecule is CC(C)CN1C=C(C(=O)c2ccc(S)cc2)C(C)(C)CC1. The molecular formula is C18H25NOS. The molecule has 0 saturated heterocycles. The fourth-order valence-electron chi connectivity index (χ4n) is 2.73. The molecule has 1 aliphatic heterocycles. The van der Waals surface area contributed by atoms with Crippen LogP contribution in [0.1, 0.15) is 44.5 Å². The highest BCUT2D eigenvalue weighted by molar-refractivity contribution is 7.80. The molecule has 1 aromatic rings. The van der Waals surface area contributed by atoms with Crippen LogP contribution >= 0.6 is 12.6 Å². The number of thiol groups is 1. The van der Waals surface area contributed by atoms with Crippen molar-refractivity contribution in [1.29, 1.82) is 0 Å². The zero-order valence-corrected chi connectivity index (χ0v) is 14.3. The number of carbonyl (C=O) groups is 1. The third-order valence-electron chi connectivity index (χ3n) is 4.04. The van der Waals surface area contributed by atoms with Crippen LogP contribution in [-0.4, -0.2) is 23.8 Å². The third-order valence-corrected chi connectivity index (χ3v) is 4.34. The summed E-state index contributed by atoms with van der Waals surface area (Å²) in [5, 5.41) is 0. The second-order valence-corrected chi connectivity index (χ2v) is 7.46. The molecule has 1 aromatic carbocycles. The Labute approximate surface area is 133 Å². The number of hydrogen-bond acceptors (Lipinski definition) is 3. The number of rotatable bonds is 4. The normalized spacial score (nSPS) is 17.8. The Balaban J connectivity index is 2.30. The molecule has 0 aliphatic carbocycles. The Morgan fingerprint density at radius 1 is 1.29 bits per heavy atom. The number of hydrogen-bond donors (Lipinski definition) is 1. The van der Waals surface area contributed by atoms with Gasteiger partial charge in [-0.3, -0.25) is 4.79 Å². The Bertz CT molecular complexity index is 543. The third kappa shape index (κ3) is 3.91. The number of benzene rings is 1. The highest BCUT2D eigenvalue weighted by atomic mass is 32.1. The Kier molecular flexibility index (Phi) is 4.82. The van der Waals surface area contributed by atoms with Gasteiger partial charge in [0.2, 0.25) is 0 Å². The number of Topliss-reactive ketones (excluding diaryl/α,β-unsaturated/α-hetero) is 1. The first-order valence-corrected chi connectivity index (χ1v) is 8.04. The minimum Gasteiger partial charge on any atom is -0.377 e. The number of allylic oxidation sites excluding steroid dienone is 1. The summed E-state index contributed by atoms with van der Waals surface area (Å²) < 4.78 is 0. The first kappa shape index (κ1) is 16.2. The molecule has 0 amide bonds. The van der Waals surface area contributed by atoms with Gasteiger partial charge in [0.25, 0.3) is 0 Å². The summed E-state index contributed by atoms with van der Waals surface area (Å²) in [5.41, 5.74) is 1.60. The summed E-state index contributed by atoms with van der Waals surface area (Å²) in [6.45, 7) is 10.8. The van der Waals surface area contributed by atoms with Gasteiger partial charge in [0.1, 0.15) is 0 Å². The molecule has 0 spiro atoms. The van der Waals surface area contributed by atoms with E-state index in [4.69, 9.17) is 0 Å². The van der Waals surface area contributed by atoms with Crippen LogP contribution in [0, 0.1) is 11.3 Å². The van der Waals surface area contributed by atoms with Gasteiger partial charge in [0.15, 0.2) is 5.78 Å². The predicted molar refractivity (Wildman–Crippen MR) is 90.9 cm³/mol. The second kappa shape index (κ2) is 6.27. The summed E-state index contributed by atoms with van der Waals surface area (Å²) in [7, 11) is 0. The predicted octanol–water partition coefficient (Wildman–Crippen LogP) is 4.43. The van der Waals surface area contributed by atoms with E-state index in [1.54, 1.807) is 0 Å². The van der Waals surface area contributed by atoms with Crippen molar-refractivity contribution in [3.8, 4) is 0 Å². The number of ketones is 1. The minimum absolute atomic E-state index is 0.0653. The van der Waals surface area contributed by atoms with Gasteiger partial charge in [-0.15, -0.1) is 12.6 Å². The topological polar surface area (TPSA) is 20.3 Å². The van der Waals surface area contributed by atoms with Crippen LogP contribution in [0.5, 0.6) is 0 Å². The van der Waals surface area contributed by atoms with Crippen LogP contribution < -0.4 is 0 Å². The van der Waals surface area contributed by atoms with Gasteiger partial charge in [-0.25, -0.2) is 0 Å². The molecule has 0 unspecified atom stereocenters. The van der Waals surface area contributed by atoms with Crippen LogP contribution in [0.3, 0.4) is 0 Å². The molecular weight excluding hydrogens is 278 g/mol. The minimum atomic E-state index is -0.0653. The Hall–Kier alpha value is -1.22. The van der Waals surface area contributed by atoms with Gasteiger partial charge >= 0.3 is 0 Å². The standard InChI is InChI=1S/C18H25NOS/c1-13(2)11-19-10-9-18(3,4)16(12-19)17(20)14-5-7-15(21)8-6-14/h5-8,12-13,21H,9-11H2,1-4H3. The van der Waals surface area contributed by atoms with Crippen LogP contribution in [0.2, 0.25) is 0 Å². The van der Waals surface area contributed by atoms with Gasteiger partial charge in [0.05, 0.1) is 0 Å². The largest absolute Gasteiger partial charge is 0.377 e. The first-order valence-electron chi connectivity index (χ1n) is 7.59. The van der Waals surface area contributed by atoms with Gasteiger partial charge < -0.3 is 4.90 Å². The lowest BCUT2D eigenvalue weighted by atomic mass is 9.76. The summed E-state index contributed by atoms with van der Waals surface area (Å²) >= 11 is 4.28. The fourth-order valence-corrected chi connectivity index (χ4v) is 2.88. The van der Waals surface area contributed by atoms with Gasteiger partial charge in [-0.05, 0) is 42.0 Å². The molecule has 1 heterocycles. The average Bonchev–Trinajstić information content (AvgIpc) is 2.40. The van der Waals surface area contributed by atoms with Crippen LogP contribution in [-0.2, 0) is 0 Å². The maximum Gasteiger partial charge on any atom is 0.191 e. The highest BCUT2D eigenvalue weighted by Crippen LogP contribution is 2.36. The molecule has 3 heteroatoms. The number of carbonyl (C=O) groups excluding carboxylic acids is 1. The molecule has 21 heavy (non-hydrogen) atoms. The van der Waals surface area contributed by atoms with Crippen molar-refractivity contribution in [1.82, 2.24) is 4.90 Å². The smallest absolute Gasteiger partial charge is 0.191 e. The molecule has 2 nitrogen and oxygen atoms in total. The van der Waals surface area contributed by atoms with E-state index < -0.39 is 0 Å². The molecule has 1 aliphatic rings. The van der Waals surface area contributed by atoms with E-state index >= 15 is 0 Å². The molecule has 0 fully saturated rings. The second-order valence-electron chi connectivity index (χ2n) is 6.94. The molecule has 0 N–H and O–H groups in total. The van der Waals surface area contributed by atoms with E-state index in [-0.39, 0.29) is 11.2 Å². The molecule has 0 bridgehead atoms. The van der Waals surface area contributed by atoms with E-state index in [0.29, 0.717) is 5.92 Å². The van der Waals surface area contributed by atoms with E-state index in [1.807, 2.05) is 24.3 Å². The first-order chi connectivity index (χ1) is 9.79. The Morgan fingerprint density at radius 2 is 1.90 bits per heavy atom. The summed E-state index contributed by atoms with van der Waals surface area (Å²) in [6.07, 6.45) is 3.10. The molecule has 114 valence electrons. The summed E-state index contributed by atoms with van der Waals surface area (Å²) in [5.74, 6) is 0.740. The van der Waals surface area contributed by atoms with Crippen LogP contribution in [0.25, 0.3) is 0 Å². The van der Waals surface area contributed by atoms with E-state index in [2.05, 4.69) is 51.4 Å². The lowest BCUT2D eigenvalue weighted by Crippen LogP contribution is -2.36. The van der Waals surface area contributed by atoms with E-state index in [1.165, 1.54) is 0 Å². The zero-order chi connectivity index (χ0) is 15.6. The van der Waals surface area contributed by atoms with Crippen molar-refractivity contribution in [3.05, 3.63) is 41.6 Å². The van der Waals surface area contributed by atoms with E-state index in [0.717, 1.165) is 35.5 Å². The van der Waals surface area contributed by atoms with Crippen molar-refractivity contribution < 1.29 is 4.79 Å². The summed E-state index contributed by atoms with van der Waals surface area (Å²) in [6, 6.07) is 7.48. The van der Waals surface area contributed by atoms with Crippen molar-refractivity contribution in [3.63, 3.8) is 0 Å². The maximum absolute atomic E-state index is 12.8. The zero-order valence-electron chi connectivity index (χ0n) is 13.4. The fraction of sp³-hybridized carbons (Fsp3) is 0.500. The van der Waals surface area contributed by atoms with Crippen LogP contribution in [0.4, 0.5) is 0 Å². The van der Waals surface area contributed by atoms with Gasteiger partial charge in [-0.1, -0.05) is 27.7 Å².